The summed E-state index contributed by atoms with van der Waals surface area (Å²) in [6, 6.07) is 10.0. The van der Waals surface area contributed by atoms with Gasteiger partial charge in [0.05, 0.1) is 22.6 Å². The van der Waals surface area contributed by atoms with Crippen LogP contribution in [0.1, 0.15) is 18.2 Å². The second-order valence-electron chi connectivity index (χ2n) is 6.26. The standard InChI is InChI=1S/C21H15F4N3O2S/c1-13(29)28(16-6-4-5-14(11-16)21(23,24)25)20-26-15(12-31-20)9-10-19(30)27-18-8-3-2-7-17(18)22/h2-12H,1H3,(H,27,30). The third-order valence-corrected chi connectivity index (χ3v) is 4.83. The van der Waals surface area contributed by atoms with Crippen LogP contribution in [-0.2, 0) is 15.8 Å². The van der Waals surface area contributed by atoms with E-state index in [0.29, 0.717) is 5.69 Å². The molecule has 5 nitrogen and oxygen atoms in total. The Bertz CT molecular complexity index is 1140. The minimum atomic E-state index is -4.55. The quantitative estimate of drug-likeness (QED) is 0.405. The largest absolute Gasteiger partial charge is 0.416 e. The number of benzene rings is 2. The van der Waals surface area contributed by atoms with Gasteiger partial charge in [-0.05, 0) is 36.4 Å². The first-order chi connectivity index (χ1) is 14.6. The molecule has 160 valence electrons. The van der Waals surface area contributed by atoms with Gasteiger partial charge in [-0.15, -0.1) is 11.3 Å². The van der Waals surface area contributed by atoms with Crippen LogP contribution in [0, 0.1) is 5.82 Å². The number of nitrogens with zero attached hydrogens (tertiary/aromatic N) is 2. The zero-order chi connectivity index (χ0) is 22.6. The molecule has 3 rings (SSSR count). The zero-order valence-corrected chi connectivity index (χ0v) is 16.8. The summed E-state index contributed by atoms with van der Waals surface area (Å²) in [5.41, 5.74) is -0.549. The number of carbonyl (C=O) groups excluding carboxylic acids is 2. The molecule has 0 bridgehead atoms. The number of anilines is 3. The molecule has 3 aromatic rings. The molecule has 0 saturated heterocycles. The number of rotatable bonds is 5. The molecule has 0 aliphatic heterocycles. The third kappa shape index (κ3) is 5.54. The number of halogens is 4. The smallest absolute Gasteiger partial charge is 0.320 e. The van der Waals surface area contributed by atoms with Crippen LogP contribution >= 0.6 is 11.3 Å². The highest BCUT2D eigenvalue weighted by atomic mass is 32.1. The van der Waals surface area contributed by atoms with Gasteiger partial charge in [0.1, 0.15) is 5.82 Å². The molecule has 2 aromatic carbocycles. The molecule has 0 saturated carbocycles. The van der Waals surface area contributed by atoms with Crippen molar-refractivity contribution in [3.05, 3.63) is 77.1 Å². The monoisotopic (exact) mass is 449 g/mol. The average Bonchev–Trinajstić information content (AvgIpc) is 3.16. The molecule has 0 radical (unpaired) electrons. The Morgan fingerprint density at radius 2 is 1.87 bits per heavy atom. The summed E-state index contributed by atoms with van der Waals surface area (Å²) in [6.07, 6.45) is -2.07. The van der Waals surface area contributed by atoms with Crippen LogP contribution in [0.2, 0.25) is 0 Å². The summed E-state index contributed by atoms with van der Waals surface area (Å²) in [5, 5.41) is 4.05. The van der Waals surface area contributed by atoms with Gasteiger partial charge in [-0.2, -0.15) is 13.2 Å². The van der Waals surface area contributed by atoms with E-state index < -0.39 is 29.4 Å². The van der Waals surface area contributed by atoms with E-state index >= 15 is 0 Å². The second kappa shape index (κ2) is 9.09. The van der Waals surface area contributed by atoms with E-state index in [4.69, 9.17) is 0 Å². The maximum atomic E-state index is 13.6. The van der Waals surface area contributed by atoms with Crippen LogP contribution in [0.4, 0.5) is 34.1 Å². The van der Waals surface area contributed by atoms with E-state index in [1.807, 2.05) is 0 Å². The van der Waals surface area contributed by atoms with Crippen molar-refractivity contribution in [2.45, 2.75) is 13.1 Å². The van der Waals surface area contributed by atoms with Crippen molar-refractivity contribution in [2.75, 3.05) is 10.2 Å². The highest BCUT2D eigenvalue weighted by molar-refractivity contribution is 7.14. The lowest BCUT2D eigenvalue weighted by Crippen LogP contribution is -2.23. The SMILES string of the molecule is CC(=O)N(c1cccc(C(F)(F)F)c1)c1nc(C=CC(=O)Nc2ccccc2F)cs1. The maximum Gasteiger partial charge on any atom is 0.416 e. The number of alkyl halides is 3. The van der Waals surface area contributed by atoms with Crippen LogP contribution in [-0.4, -0.2) is 16.8 Å². The minimum Gasteiger partial charge on any atom is -0.320 e. The molecule has 1 aromatic heterocycles. The Kier molecular flexibility index (Phi) is 6.50. The molecule has 1 heterocycles. The van der Waals surface area contributed by atoms with Crippen molar-refractivity contribution in [1.82, 2.24) is 4.98 Å². The summed E-state index contributed by atoms with van der Waals surface area (Å²) in [7, 11) is 0. The Balaban J connectivity index is 1.79. The maximum absolute atomic E-state index is 13.6. The Morgan fingerprint density at radius 1 is 1.13 bits per heavy atom. The third-order valence-electron chi connectivity index (χ3n) is 3.98. The first kappa shape index (κ1) is 22.2. The number of nitrogens with one attached hydrogen (secondary N) is 1. The molecule has 0 aliphatic rings. The highest BCUT2D eigenvalue weighted by Gasteiger charge is 2.31. The Hall–Kier alpha value is -3.53. The molecular weight excluding hydrogens is 434 g/mol. The summed E-state index contributed by atoms with van der Waals surface area (Å²) >= 11 is 1.02. The molecular formula is C21H15F4N3O2S. The molecule has 0 spiro atoms. The Labute approximate surface area is 178 Å². The number of para-hydroxylation sites is 1. The van der Waals surface area contributed by atoms with Gasteiger partial charge in [0.2, 0.25) is 11.8 Å². The van der Waals surface area contributed by atoms with Crippen LogP contribution in [0.15, 0.2) is 60.0 Å². The fraction of sp³-hybridized carbons (Fsp3) is 0.0952. The van der Waals surface area contributed by atoms with Crippen LogP contribution < -0.4 is 10.2 Å². The molecule has 1 N–H and O–H groups in total. The van der Waals surface area contributed by atoms with Crippen molar-refractivity contribution < 1.29 is 27.2 Å². The van der Waals surface area contributed by atoms with Gasteiger partial charge in [-0.3, -0.25) is 14.5 Å². The zero-order valence-electron chi connectivity index (χ0n) is 16.0. The predicted molar refractivity (Wildman–Crippen MR) is 110 cm³/mol. The highest BCUT2D eigenvalue weighted by Crippen LogP contribution is 2.35. The fourth-order valence-electron chi connectivity index (χ4n) is 2.60. The number of carbonyl (C=O) groups is 2. The van der Waals surface area contributed by atoms with Crippen molar-refractivity contribution >= 4 is 45.7 Å². The minimum absolute atomic E-state index is 0.0171. The van der Waals surface area contributed by atoms with E-state index in [1.165, 1.54) is 48.7 Å². The van der Waals surface area contributed by atoms with E-state index in [2.05, 4.69) is 10.3 Å². The molecule has 0 unspecified atom stereocenters. The van der Waals surface area contributed by atoms with Gasteiger partial charge in [0.15, 0.2) is 5.13 Å². The number of aromatic nitrogens is 1. The van der Waals surface area contributed by atoms with Gasteiger partial charge in [0.25, 0.3) is 0 Å². The number of amides is 2. The first-order valence-electron chi connectivity index (χ1n) is 8.82. The lowest BCUT2D eigenvalue weighted by Gasteiger charge is -2.19. The fourth-order valence-corrected chi connectivity index (χ4v) is 3.46. The first-order valence-corrected chi connectivity index (χ1v) is 9.70. The van der Waals surface area contributed by atoms with Crippen LogP contribution in [0.3, 0.4) is 0 Å². The van der Waals surface area contributed by atoms with E-state index in [9.17, 15) is 27.2 Å². The van der Waals surface area contributed by atoms with E-state index in [1.54, 1.807) is 6.07 Å². The van der Waals surface area contributed by atoms with Crippen molar-refractivity contribution in [3.8, 4) is 0 Å². The number of thiazole rings is 1. The summed E-state index contributed by atoms with van der Waals surface area (Å²) < 4.78 is 52.6. The molecule has 31 heavy (non-hydrogen) atoms. The van der Waals surface area contributed by atoms with Crippen LogP contribution in [0.5, 0.6) is 0 Å². The molecule has 10 heteroatoms. The number of hydrogen-bond donors (Lipinski definition) is 1. The molecule has 0 fully saturated rings. The van der Waals surface area contributed by atoms with E-state index in [0.717, 1.165) is 34.4 Å². The van der Waals surface area contributed by atoms with Gasteiger partial charge in [-0.1, -0.05) is 18.2 Å². The van der Waals surface area contributed by atoms with Gasteiger partial charge in [-0.25, -0.2) is 9.37 Å². The van der Waals surface area contributed by atoms with Gasteiger partial charge in [0, 0.05) is 18.4 Å². The molecule has 0 atom stereocenters. The lowest BCUT2D eigenvalue weighted by atomic mass is 10.2. The van der Waals surface area contributed by atoms with Crippen molar-refractivity contribution in [3.63, 3.8) is 0 Å². The topological polar surface area (TPSA) is 62.3 Å². The average molecular weight is 449 g/mol. The number of hydrogen-bond acceptors (Lipinski definition) is 4. The molecule has 0 aliphatic carbocycles. The summed E-state index contributed by atoms with van der Waals surface area (Å²) in [6.45, 7) is 1.21. The Morgan fingerprint density at radius 3 is 2.55 bits per heavy atom. The summed E-state index contributed by atoms with van der Waals surface area (Å²) in [5.74, 6) is -1.71. The van der Waals surface area contributed by atoms with Crippen molar-refractivity contribution in [1.29, 1.82) is 0 Å². The molecule has 2 amide bonds. The second-order valence-corrected chi connectivity index (χ2v) is 7.10. The predicted octanol–water partition coefficient (Wildman–Crippen LogP) is 5.64. The summed E-state index contributed by atoms with van der Waals surface area (Å²) in [4.78, 5) is 29.3. The van der Waals surface area contributed by atoms with Gasteiger partial charge >= 0.3 is 6.18 Å². The van der Waals surface area contributed by atoms with Gasteiger partial charge < -0.3 is 5.32 Å². The van der Waals surface area contributed by atoms with E-state index in [-0.39, 0.29) is 16.5 Å². The van der Waals surface area contributed by atoms with Crippen LogP contribution in [0.25, 0.3) is 6.08 Å². The lowest BCUT2D eigenvalue weighted by molar-refractivity contribution is -0.137. The normalized spacial score (nSPS) is 11.5. The van der Waals surface area contributed by atoms with Crippen molar-refractivity contribution in [2.24, 2.45) is 0 Å².